The van der Waals surface area contributed by atoms with Crippen molar-refractivity contribution < 1.29 is 9.47 Å². The summed E-state index contributed by atoms with van der Waals surface area (Å²) in [6.45, 7) is 3.84. The summed E-state index contributed by atoms with van der Waals surface area (Å²) in [7, 11) is 1.68. The molecule has 1 aromatic carbocycles. The first-order chi connectivity index (χ1) is 7.31. The van der Waals surface area contributed by atoms with Crippen molar-refractivity contribution >= 4 is 0 Å². The Morgan fingerprint density at radius 2 is 2.33 bits per heavy atom. The fourth-order valence-corrected chi connectivity index (χ4v) is 1.93. The lowest BCUT2D eigenvalue weighted by molar-refractivity contribution is -0.000323. The lowest BCUT2D eigenvalue weighted by Crippen LogP contribution is -2.41. The zero-order valence-electron chi connectivity index (χ0n) is 9.19. The predicted molar refractivity (Wildman–Crippen MR) is 59.2 cm³/mol. The number of benzene rings is 1. The number of ether oxygens (including phenoxy) is 2. The van der Waals surface area contributed by atoms with E-state index in [2.05, 4.69) is 18.3 Å². The van der Waals surface area contributed by atoms with Gasteiger partial charge in [0.1, 0.15) is 5.75 Å². The van der Waals surface area contributed by atoms with Crippen LogP contribution in [0.15, 0.2) is 24.3 Å². The molecule has 0 aliphatic carbocycles. The highest BCUT2D eigenvalue weighted by Crippen LogP contribution is 2.26. The van der Waals surface area contributed by atoms with E-state index in [1.54, 1.807) is 7.11 Å². The number of rotatable bonds is 2. The van der Waals surface area contributed by atoms with Crippen LogP contribution >= 0.6 is 0 Å². The largest absolute Gasteiger partial charge is 0.497 e. The lowest BCUT2D eigenvalue weighted by Gasteiger charge is -2.30. The summed E-state index contributed by atoms with van der Waals surface area (Å²) < 4.78 is 11.0. The van der Waals surface area contributed by atoms with E-state index in [0.29, 0.717) is 6.04 Å². The van der Waals surface area contributed by atoms with Crippen LogP contribution in [0.25, 0.3) is 0 Å². The molecule has 1 aromatic rings. The monoisotopic (exact) mass is 207 g/mol. The topological polar surface area (TPSA) is 30.5 Å². The average molecular weight is 207 g/mol. The van der Waals surface area contributed by atoms with Gasteiger partial charge in [0.15, 0.2) is 0 Å². The van der Waals surface area contributed by atoms with Crippen LogP contribution in [0.5, 0.6) is 5.75 Å². The standard InChI is InChI=1S/C12H17NO2/c1-9-12(15-7-6-13-9)10-4-3-5-11(8-10)14-2/h3-5,8-9,12-13H,6-7H2,1-2H3. The van der Waals surface area contributed by atoms with Crippen molar-refractivity contribution in [2.75, 3.05) is 20.3 Å². The Morgan fingerprint density at radius 1 is 1.47 bits per heavy atom. The molecule has 2 unspecified atom stereocenters. The van der Waals surface area contributed by atoms with Crippen molar-refractivity contribution in [1.82, 2.24) is 5.32 Å². The van der Waals surface area contributed by atoms with Gasteiger partial charge in [0.05, 0.1) is 19.8 Å². The maximum Gasteiger partial charge on any atom is 0.119 e. The molecule has 0 spiro atoms. The molecule has 82 valence electrons. The molecule has 3 nitrogen and oxygen atoms in total. The van der Waals surface area contributed by atoms with Crippen LogP contribution < -0.4 is 10.1 Å². The van der Waals surface area contributed by atoms with Crippen LogP contribution in [0.2, 0.25) is 0 Å². The van der Waals surface area contributed by atoms with Gasteiger partial charge >= 0.3 is 0 Å². The minimum absolute atomic E-state index is 0.133. The molecule has 0 saturated carbocycles. The van der Waals surface area contributed by atoms with Gasteiger partial charge in [-0.25, -0.2) is 0 Å². The Hall–Kier alpha value is -1.06. The van der Waals surface area contributed by atoms with Crippen molar-refractivity contribution in [3.05, 3.63) is 29.8 Å². The summed E-state index contributed by atoms with van der Waals surface area (Å²) >= 11 is 0. The molecule has 2 atom stereocenters. The highest BCUT2D eigenvalue weighted by molar-refractivity contribution is 5.30. The third-order valence-electron chi connectivity index (χ3n) is 2.74. The van der Waals surface area contributed by atoms with E-state index in [1.165, 1.54) is 5.56 Å². The summed E-state index contributed by atoms with van der Waals surface area (Å²) in [5, 5.41) is 3.40. The predicted octanol–water partition coefficient (Wildman–Crippen LogP) is 1.74. The maximum absolute atomic E-state index is 5.76. The number of methoxy groups -OCH3 is 1. The Morgan fingerprint density at radius 3 is 3.07 bits per heavy atom. The van der Waals surface area contributed by atoms with Crippen molar-refractivity contribution in [3.63, 3.8) is 0 Å². The van der Waals surface area contributed by atoms with Gasteiger partial charge in [-0.2, -0.15) is 0 Å². The van der Waals surface area contributed by atoms with Crippen molar-refractivity contribution in [3.8, 4) is 5.75 Å². The quantitative estimate of drug-likeness (QED) is 0.801. The van der Waals surface area contributed by atoms with Gasteiger partial charge in [0.25, 0.3) is 0 Å². The second kappa shape index (κ2) is 4.64. The highest BCUT2D eigenvalue weighted by Gasteiger charge is 2.23. The van der Waals surface area contributed by atoms with Gasteiger partial charge in [0.2, 0.25) is 0 Å². The van der Waals surface area contributed by atoms with Gasteiger partial charge < -0.3 is 14.8 Å². The van der Waals surface area contributed by atoms with E-state index in [1.807, 2.05) is 18.2 Å². The van der Waals surface area contributed by atoms with Gasteiger partial charge in [-0.1, -0.05) is 12.1 Å². The zero-order valence-corrected chi connectivity index (χ0v) is 9.19. The van der Waals surface area contributed by atoms with Crippen LogP contribution in [-0.2, 0) is 4.74 Å². The molecule has 0 bridgehead atoms. The van der Waals surface area contributed by atoms with E-state index in [4.69, 9.17) is 9.47 Å². The molecule has 0 radical (unpaired) electrons. The van der Waals surface area contributed by atoms with Crippen molar-refractivity contribution in [1.29, 1.82) is 0 Å². The number of morpholine rings is 1. The number of nitrogens with one attached hydrogen (secondary N) is 1. The average Bonchev–Trinajstić information content (AvgIpc) is 2.30. The second-order valence-corrected chi connectivity index (χ2v) is 3.81. The van der Waals surface area contributed by atoms with E-state index >= 15 is 0 Å². The number of hydrogen-bond donors (Lipinski definition) is 1. The molecule has 1 aliphatic heterocycles. The zero-order chi connectivity index (χ0) is 10.7. The molecular formula is C12H17NO2. The first-order valence-electron chi connectivity index (χ1n) is 5.30. The normalized spacial score (nSPS) is 26.3. The molecule has 3 heteroatoms. The maximum atomic E-state index is 5.76. The molecule has 0 aromatic heterocycles. The van der Waals surface area contributed by atoms with Crippen LogP contribution in [0, 0.1) is 0 Å². The molecule has 0 amide bonds. The molecule has 1 N–H and O–H groups in total. The Balaban J connectivity index is 2.19. The van der Waals surface area contributed by atoms with E-state index in [9.17, 15) is 0 Å². The fraction of sp³-hybridized carbons (Fsp3) is 0.500. The van der Waals surface area contributed by atoms with Crippen LogP contribution in [0.4, 0.5) is 0 Å². The summed E-state index contributed by atoms with van der Waals surface area (Å²) in [5.41, 5.74) is 1.18. The number of hydrogen-bond acceptors (Lipinski definition) is 3. The lowest BCUT2D eigenvalue weighted by atomic mass is 10.0. The first kappa shape index (κ1) is 10.5. The van der Waals surface area contributed by atoms with Crippen molar-refractivity contribution in [2.45, 2.75) is 19.1 Å². The van der Waals surface area contributed by atoms with Crippen LogP contribution in [-0.4, -0.2) is 26.3 Å². The minimum Gasteiger partial charge on any atom is -0.497 e. The summed E-state index contributed by atoms with van der Waals surface area (Å²) in [6, 6.07) is 8.42. The Bertz CT molecular complexity index is 327. The molecular weight excluding hydrogens is 190 g/mol. The van der Waals surface area contributed by atoms with Crippen molar-refractivity contribution in [2.24, 2.45) is 0 Å². The van der Waals surface area contributed by atoms with Gasteiger partial charge in [-0.15, -0.1) is 0 Å². The second-order valence-electron chi connectivity index (χ2n) is 3.81. The van der Waals surface area contributed by atoms with Crippen LogP contribution in [0.3, 0.4) is 0 Å². The van der Waals surface area contributed by atoms with Crippen LogP contribution in [0.1, 0.15) is 18.6 Å². The Labute approximate surface area is 90.4 Å². The molecule has 1 aliphatic rings. The summed E-state index contributed by atoms with van der Waals surface area (Å²) in [5.74, 6) is 0.883. The van der Waals surface area contributed by atoms with E-state index < -0.39 is 0 Å². The van der Waals surface area contributed by atoms with Gasteiger partial charge in [-0.3, -0.25) is 0 Å². The van der Waals surface area contributed by atoms with E-state index in [0.717, 1.165) is 18.9 Å². The first-order valence-corrected chi connectivity index (χ1v) is 5.30. The fourth-order valence-electron chi connectivity index (χ4n) is 1.93. The molecule has 1 fully saturated rings. The summed E-state index contributed by atoms with van der Waals surface area (Å²) in [4.78, 5) is 0. The minimum atomic E-state index is 0.133. The third-order valence-corrected chi connectivity index (χ3v) is 2.74. The SMILES string of the molecule is COc1cccc(C2OCCNC2C)c1. The Kier molecular flexibility index (Phi) is 3.23. The summed E-state index contributed by atoms with van der Waals surface area (Å²) in [6.07, 6.45) is 0.133. The van der Waals surface area contributed by atoms with Gasteiger partial charge in [-0.05, 0) is 24.6 Å². The third kappa shape index (κ3) is 2.30. The smallest absolute Gasteiger partial charge is 0.119 e. The molecule has 15 heavy (non-hydrogen) atoms. The highest BCUT2D eigenvalue weighted by atomic mass is 16.5. The molecule has 2 rings (SSSR count). The molecule has 1 heterocycles. The van der Waals surface area contributed by atoms with E-state index in [-0.39, 0.29) is 6.10 Å². The molecule has 1 saturated heterocycles. The van der Waals surface area contributed by atoms with Gasteiger partial charge in [0, 0.05) is 12.6 Å².